The predicted octanol–water partition coefficient (Wildman–Crippen LogP) is 3.87. The molecule has 0 aliphatic rings. The molecule has 5 heteroatoms. The van der Waals surface area contributed by atoms with Crippen molar-refractivity contribution in [3.63, 3.8) is 0 Å². The van der Waals surface area contributed by atoms with Gasteiger partial charge < -0.3 is 5.32 Å². The SMILES string of the molecule is Fc1cccc(Nc2cc(Br)ccc2F)n1. The second-order valence-corrected chi connectivity index (χ2v) is 4.01. The van der Waals surface area contributed by atoms with Gasteiger partial charge in [-0.3, -0.25) is 0 Å². The molecule has 0 aliphatic carbocycles. The maximum atomic E-state index is 13.4. The highest BCUT2D eigenvalue weighted by molar-refractivity contribution is 9.10. The number of nitrogens with one attached hydrogen (secondary N) is 1. The van der Waals surface area contributed by atoms with Crippen LogP contribution in [-0.2, 0) is 0 Å². The van der Waals surface area contributed by atoms with Gasteiger partial charge in [0.05, 0.1) is 5.69 Å². The fraction of sp³-hybridized carbons (Fsp3) is 0. The first-order valence-corrected chi connectivity index (χ1v) is 5.29. The van der Waals surface area contributed by atoms with Crippen molar-refractivity contribution >= 4 is 27.4 Å². The number of halogens is 3. The number of hydrogen-bond acceptors (Lipinski definition) is 2. The summed E-state index contributed by atoms with van der Waals surface area (Å²) < 4.78 is 26.9. The summed E-state index contributed by atoms with van der Waals surface area (Å²) in [5.41, 5.74) is 0.243. The number of rotatable bonds is 2. The molecule has 1 heterocycles. The Morgan fingerprint density at radius 2 is 1.94 bits per heavy atom. The van der Waals surface area contributed by atoms with E-state index in [1.54, 1.807) is 18.2 Å². The number of nitrogens with zero attached hydrogens (tertiary/aromatic N) is 1. The highest BCUT2D eigenvalue weighted by atomic mass is 79.9. The van der Waals surface area contributed by atoms with Crippen molar-refractivity contribution in [2.45, 2.75) is 0 Å². The zero-order valence-electron chi connectivity index (χ0n) is 8.05. The van der Waals surface area contributed by atoms with E-state index < -0.39 is 11.8 Å². The molecule has 0 aliphatic heterocycles. The first kappa shape index (κ1) is 11.0. The molecular formula is C11H7BrF2N2. The normalized spacial score (nSPS) is 10.2. The van der Waals surface area contributed by atoms with Crippen LogP contribution in [0.25, 0.3) is 0 Å². The summed E-state index contributed by atoms with van der Waals surface area (Å²) in [4.78, 5) is 3.58. The maximum absolute atomic E-state index is 13.4. The first-order chi connectivity index (χ1) is 7.65. The molecule has 2 rings (SSSR count). The van der Waals surface area contributed by atoms with Gasteiger partial charge in [-0.05, 0) is 30.3 Å². The van der Waals surface area contributed by atoms with Crippen LogP contribution in [0.5, 0.6) is 0 Å². The van der Waals surface area contributed by atoms with E-state index in [9.17, 15) is 8.78 Å². The number of anilines is 2. The molecule has 1 aromatic carbocycles. The lowest BCUT2D eigenvalue weighted by atomic mass is 10.3. The van der Waals surface area contributed by atoms with Crippen LogP contribution in [0, 0.1) is 11.8 Å². The van der Waals surface area contributed by atoms with Gasteiger partial charge in [-0.1, -0.05) is 22.0 Å². The molecule has 2 aromatic rings. The Kier molecular flexibility index (Phi) is 3.14. The quantitative estimate of drug-likeness (QED) is 0.847. The summed E-state index contributed by atoms with van der Waals surface area (Å²) in [6, 6.07) is 8.74. The van der Waals surface area contributed by atoms with E-state index in [0.717, 1.165) is 4.47 Å². The average molecular weight is 285 g/mol. The molecule has 0 radical (unpaired) electrons. The van der Waals surface area contributed by atoms with Crippen molar-refractivity contribution in [3.8, 4) is 0 Å². The molecule has 0 amide bonds. The van der Waals surface area contributed by atoms with Crippen LogP contribution in [-0.4, -0.2) is 4.98 Å². The van der Waals surface area contributed by atoms with Crippen LogP contribution in [0.15, 0.2) is 40.9 Å². The van der Waals surface area contributed by atoms with E-state index in [4.69, 9.17) is 0 Å². The molecular weight excluding hydrogens is 278 g/mol. The van der Waals surface area contributed by atoms with E-state index in [1.807, 2.05) is 0 Å². The van der Waals surface area contributed by atoms with Crippen LogP contribution < -0.4 is 5.32 Å². The summed E-state index contributed by atoms with van der Waals surface area (Å²) in [5.74, 6) is -0.772. The Balaban J connectivity index is 2.30. The average Bonchev–Trinajstić information content (AvgIpc) is 2.24. The summed E-state index contributed by atoms with van der Waals surface area (Å²) >= 11 is 3.22. The van der Waals surface area contributed by atoms with Gasteiger partial charge in [-0.2, -0.15) is 4.39 Å². The molecule has 0 fully saturated rings. The van der Waals surface area contributed by atoms with Crippen LogP contribution >= 0.6 is 15.9 Å². The number of benzene rings is 1. The van der Waals surface area contributed by atoms with E-state index in [0.29, 0.717) is 0 Å². The molecule has 0 spiro atoms. The van der Waals surface area contributed by atoms with Crippen molar-refractivity contribution in [3.05, 3.63) is 52.6 Å². The lowest BCUT2D eigenvalue weighted by molar-refractivity contribution is 0.585. The monoisotopic (exact) mass is 284 g/mol. The molecule has 0 saturated carbocycles. The first-order valence-electron chi connectivity index (χ1n) is 4.50. The van der Waals surface area contributed by atoms with Crippen LogP contribution in [0.4, 0.5) is 20.3 Å². The largest absolute Gasteiger partial charge is 0.338 e. The van der Waals surface area contributed by atoms with Gasteiger partial charge in [0.15, 0.2) is 0 Å². The van der Waals surface area contributed by atoms with E-state index in [1.165, 1.54) is 18.2 Å². The van der Waals surface area contributed by atoms with Crippen LogP contribution in [0.3, 0.4) is 0 Å². The molecule has 1 N–H and O–H groups in total. The molecule has 0 unspecified atom stereocenters. The van der Waals surface area contributed by atoms with Crippen LogP contribution in [0.2, 0.25) is 0 Å². The zero-order valence-corrected chi connectivity index (χ0v) is 9.63. The molecule has 16 heavy (non-hydrogen) atoms. The number of aromatic nitrogens is 1. The Morgan fingerprint density at radius 3 is 2.69 bits per heavy atom. The fourth-order valence-electron chi connectivity index (χ4n) is 1.21. The van der Waals surface area contributed by atoms with Crippen molar-refractivity contribution in [1.82, 2.24) is 4.98 Å². The molecule has 82 valence electrons. The predicted molar refractivity (Wildman–Crippen MR) is 61.6 cm³/mol. The maximum Gasteiger partial charge on any atom is 0.214 e. The van der Waals surface area contributed by atoms with Gasteiger partial charge >= 0.3 is 0 Å². The number of hydrogen-bond donors (Lipinski definition) is 1. The molecule has 2 nitrogen and oxygen atoms in total. The van der Waals surface area contributed by atoms with Crippen molar-refractivity contribution in [2.75, 3.05) is 5.32 Å². The summed E-state index contributed by atoms with van der Waals surface area (Å²) in [6.45, 7) is 0. The van der Waals surface area contributed by atoms with Crippen molar-refractivity contribution in [1.29, 1.82) is 0 Å². The van der Waals surface area contributed by atoms with Gasteiger partial charge in [0.1, 0.15) is 11.6 Å². The lowest BCUT2D eigenvalue weighted by Crippen LogP contribution is -1.97. The minimum absolute atomic E-state index is 0.243. The molecule has 1 aromatic heterocycles. The number of pyridine rings is 1. The third-order valence-corrected chi connectivity index (χ3v) is 2.40. The zero-order chi connectivity index (χ0) is 11.5. The Bertz CT molecular complexity index is 517. The Hall–Kier alpha value is -1.49. The van der Waals surface area contributed by atoms with E-state index >= 15 is 0 Å². The van der Waals surface area contributed by atoms with Gasteiger partial charge in [0, 0.05) is 4.47 Å². The van der Waals surface area contributed by atoms with Crippen LogP contribution in [0.1, 0.15) is 0 Å². The van der Waals surface area contributed by atoms with Gasteiger partial charge in [-0.25, -0.2) is 9.37 Å². The second-order valence-electron chi connectivity index (χ2n) is 3.09. The lowest BCUT2D eigenvalue weighted by Gasteiger charge is -2.06. The van der Waals surface area contributed by atoms with Gasteiger partial charge in [0.2, 0.25) is 5.95 Å². The second kappa shape index (κ2) is 4.57. The minimum Gasteiger partial charge on any atom is -0.338 e. The summed E-state index contributed by atoms with van der Waals surface area (Å²) in [5, 5.41) is 2.70. The highest BCUT2D eigenvalue weighted by Crippen LogP contribution is 2.22. The van der Waals surface area contributed by atoms with E-state index in [-0.39, 0.29) is 11.5 Å². The Labute approximate surface area is 99.5 Å². The van der Waals surface area contributed by atoms with Gasteiger partial charge in [-0.15, -0.1) is 0 Å². The third-order valence-electron chi connectivity index (χ3n) is 1.91. The fourth-order valence-corrected chi connectivity index (χ4v) is 1.57. The third kappa shape index (κ3) is 2.55. The van der Waals surface area contributed by atoms with Gasteiger partial charge in [0.25, 0.3) is 0 Å². The standard InChI is InChI=1S/C11H7BrF2N2/c12-7-4-5-8(13)9(6-7)15-11-3-1-2-10(14)16-11/h1-6H,(H,15,16). The highest BCUT2D eigenvalue weighted by Gasteiger charge is 2.04. The smallest absolute Gasteiger partial charge is 0.214 e. The van der Waals surface area contributed by atoms with Crippen molar-refractivity contribution < 1.29 is 8.78 Å². The molecule has 0 atom stereocenters. The summed E-state index contributed by atoms with van der Waals surface area (Å²) in [7, 11) is 0. The minimum atomic E-state index is -0.611. The molecule has 0 saturated heterocycles. The van der Waals surface area contributed by atoms with E-state index in [2.05, 4.69) is 26.2 Å². The topological polar surface area (TPSA) is 24.9 Å². The molecule has 0 bridgehead atoms. The Morgan fingerprint density at radius 1 is 1.12 bits per heavy atom. The van der Waals surface area contributed by atoms with Crippen molar-refractivity contribution in [2.24, 2.45) is 0 Å². The summed E-state index contributed by atoms with van der Waals surface area (Å²) in [6.07, 6.45) is 0.